The van der Waals surface area contributed by atoms with E-state index in [2.05, 4.69) is 15.0 Å². The van der Waals surface area contributed by atoms with Gasteiger partial charge in [0.1, 0.15) is 0 Å². The van der Waals surface area contributed by atoms with Gasteiger partial charge < -0.3 is 4.74 Å². The molecular formula is C11H8F3N3O2. The predicted octanol–water partition coefficient (Wildman–Crippen LogP) is 2.07. The van der Waals surface area contributed by atoms with E-state index in [0.29, 0.717) is 0 Å². The molecule has 5 nitrogen and oxygen atoms in total. The van der Waals surface area contributed by atoms with Crippen LogP contribution in [0.15, 0.2) is 30.5 Å². The van der Waals surface area contributed by atoms with Crippen LogP contribution >= 0.6 is 0 Å². The summed E-state index contributed by atoms with van der Waals surface area (Å²) in [6, 6.07) is 4.86. The summed E-state index contributed by atoms with van der Waals surface area (Å²) in [4.78, 5) is 11.2. The molecule has 0 N–H and O–H groups in total. The quantitative estimate of drug-likeness (QED) is 0.785. The predicted molar refractivity (Wildman–Crippen MR) is 57.7 cm³/mol. The van der Waals surface area contributed by atoms with Gasteiger partial charge in [0.25, 0.3) is 0 Å². The van der Waals surface area contributed by atoms with Crippen LogP contribution in [0.2, 0.25) is 0 Å². The number of carbonyl (C=O) groups is 1. The molecule has 1 heterocycles. The second-order valence-electron chi connectivity index (χ2n) is 3.55. The first-order chi connectivity index (χ1) is 8.93. The molecule has 0 aliphatic rings. The summed E-state index contributed by atoms with van der Waals surface area (Å²) in [7, 11) is 1.14. The highest BCUT2D eigenvalue weighted by Gasteiger charge is 2.34. The molecule has 0 aliphatic heterocycles. The van der Waals surface area contributed by atoms with Crippen molar-refractivity contribution in [1.29, 1.82) is 0 Å². The Kier molecular flexibility index (Phi) is 3.24. The molecule has 0 atom stereocenters. The van der Waals surface area contributed by atoms with Gasteiger partial charge in [-0.25, -0.2) is 9.48 Å². The Balaban J connectivity index is 2.48. The minimum atomic E-state index is -4.52. The largest absolute Gasteiger partial charge is 0.464 e. The van der Waals surface area contributed by atoms with Crippen LogP contribution < -0.4 is 0 Å². The third-order valence-corrected chi connectivity index (χ3v) is 2.34. The van der Waals surface area contributed by atoms with Crippen LogP contribution in [-0.4, -0.2) is 28.1 Å². The van der Waals surface area contributed by atoms with Gasteiger partial charge in [-0.1, -0.05) is 17.3 Å². The van der Waals surface area contributed by atoms with Crippen LogP contribution in [0.25, 0.3) is 5.69 Å². The molecule has 0 fully saturated rings. The topological polar surface area (TPSA) is 57.0 Å². The van der Waals surface area contributed by atoms with E-state index in [-0.39, 0.29) is 11.4 Å². The zero-order chi connectivity index (χ0) is 14.0. The number of aromatic nitrogens is 3. The van der Waals surface area contributed by atoms with Gasteiger partial charge in [-0.2, -0.15) is 13.2 Å². The summed E-state index contributed by atoms with van der Waals surface area (Å²) in [5.41, 5.74) is -1.24. The van der Waals surface area contributed by atoms with E-state index in [0.717, 1.165) is 24.1 Å². The number of para-hydroxylation sites is 1. The minimum absolute atomic E-state index is 0.167. The number of esters is 1. The Bertz CT molecular complexity index is 607. The fourth-order valence-electron chi connectivity index (χ4n) is 1.49. The van der Waals surface area contributed by atoms with E-state index in [1.165, 1.54) is 18.2 Å². The highest BCUT2D eigenvalue weighted by molar-refractivity contribution is 5.86. The van der Waals surface area contributed by atoms with E-state index < -0.39 is 17.7 Å². The Hall–Kier alpha value is -2.38. The SMILES string of the molecule is COC(=O)c1cn(-c2ccccc2C(F)(F)F)nn1. The van der Waals surface area contributed by atoms with Crippen LogP contribution in [0, 0.1) is 0 Å². The Labute approximate surface area is 105 Å². The highest BCUT2D eigenvalue weighted by atomic mass is 19.4. The van der Waals surface area contributed by atoms with Gasteiger partial charge in [0, 0.05) is 0 Å². The van der Waals surface area contributed by atoms with E-state index >= 15 is 0 Å². The third-order valence-electron chi connectivity index (χ3n) is 2.34. The van der Waals surface area contributed by atoms with Crippen LogP contribution in [-0.2, 0) is 10.9 Å². The lowest BCUT2D eigenvalue weighted by Gasteiger charge is -2.11. The molecule has 0 saturated carbocycles. The summed E-state index contributed by atoms with van der Waals surface area (Å²) in [6.07, 6.45) is -3.44. The van der Waals surface area contributed by atoms with Crippen LogP contribution in [0.4, 0.5) is 13.2 Å². The molecule has 2 rings (SSSR count). The van der Waals surface area contributed by atoms with Crippen molar-refractivity contribution in [2.45, 2.75) is 6.18 Å². The molecule has 0 spiro atoms. The maximum absolute atomic E-state index is 12.8. The average Bonchev–Trinajstić information content (AvgIpc) is 2.86. The Morgan fingerprint density at radius 3 is 2.63 bits per heavy atom. The first-order valence-electron chi connectivity index (χ1n) is 5.10. The van der Waals surface area contributed by atoms with Crippen molar-refractivity contribution in [1.82, 2.24) is 15.0 Å². The number of ether oxygens (including phenoxy) is 1. The number of rotatable bonds is 2. The maximum atomic E-state index is 12.8. The summed E-state index contributed by atoms with van der Waals surface area (Å²) in [5.74, 6) is -0.768. The number of hydrogen-bond acceptors (Lipinski definition) is 4. The zero-order valence-corrected chi connectivity index (χ0v) is 9.68. The molecular weight excluding hydrogens is 263 g/mol. The van der Waals surface area contributed by atoms with Crippen molar-refractivity contribution in [3.05, 3.63) is 41.7 Å². The number of nitrogens with zero attached hydrogens (tertiary/aromatic N) is 3. The molecule has 2 aromatic rings. The van der Waals surface area contributed by atoms with E-state index in [9.17, 15) is 18.0 Å². The average molecular weight is 271 g/mol. The van der Waals surface area contributed by atoms with Crippen molar-refractivity contribution in [2.24, 2.45) is 0 Å². The van der Waals surface area contributed by atoms with Gasteiger partial charge in [0.05, 0.1) is 24.6 Å². The minimum Gasteiger partial charge on any atom is -0.464 e. The standard InChI is InChI=1S/C11H8F3N3O2/c1-19-10(18)8-6-17(16-15-8)9-5-3-2-4-7(9)11(12,13)14/h2-6H,1H3. The molecule has 0 saturated heterocycles. The summed E-state index contributed by atoms with van der Waals surface area (Å²) < 4.78 is 43.7. The van der Waals surface area contributed by atoms with E-state index in [1.54, 1.807) is 0 Å². The van der Waals surface area contributed by atoms with Crippen LogP contribution in [0.3, 0.4) is 0 Å². The summed E-state index contributed by atoms with van der Waals surface area (Å²) >= 11 is 0. The van der Waals surface area contributed by atoms with Gasteiger partial charge in [0.15, 0.2) is 5.69 Å². The Morgan fingerprint density at radius 2 is 2.00 bits per heavy atom. The summed E-state index contributed by atoms with van der Waals surface area (Å²) in [5, 5.41) is 6.95. The van der Waals surface area contributed by atoms with Crippen LogP contribution in [0.1, 0.15) is 16.1 Å². The lowest BCUT2D eigenvalue weighted by atomic mass is 10.1. The number of carbonyl (C=O) groups excluding carboxylic acids is 1. The van der Waals surface area contributed by atoms with E-state index in [1.807, 2.05) is 0 Å². The number of methoxy groups -OCH3 is 1. The lowest BCUT2D eigenvalue weighted by Crippen LogP contribution is -2.11. The first kappa shape index (κ1) is 13.1. The molecule has 19 heavy (non-hydrogen) atoms. The molecule has 1 aromatic heterocycles. The second kappa shape index (κ2) is 4.71. The first-order valence-corrected chi connectivity index (χ1v) is 5.10. The van der Waals surface area contributed by atoms with Crippen molar-refractivity contribution < 1.29 is 22.7 Å². The molecule has 8 heteroatoms. The van der Waals surface area contributed by atoms with Crippen molar-refractivity contribution in [2.75, 3.05) is 7.11 Å². The number of alkyl halides is 3. The fraction of sp³-hybridized carbons (Fsp3) is 0.182. The van der Waals surface area contributed by atoms with Gasteiger partial charge in [-0.15, -0.1) is 5.10 Å². The van der Waals surface area contributed by atoms with Gasteiger partial charge in [0.2, 0.25) is 0 Å². The highest BCUT2D eigenvalue weighted by Crippen LogP contribution is 2.33. The monoisotopic (exact) mass is 271 g/mol. The van der Waals surface area contributed by atoms with Gasteiger partial charge in [-0.05, 0) is 12.1 Å². The van der Waals surface area contributed by atoms with Crippen molar-refractivity contribution >= 4 is 5.97 Å². The molecule has 0 aliphatic carbocycles. The zero-order valence-electron chi connectivity index (χ0n) is 9.68. The molecule has 0 radical (unpaired) electrons. The summed E-state index contributed by atoms with van der Waals surface area (Å²) in [6.45, 7) is 0. The molecule has 0 unspecified atom stereocenters. The third kappa shape index (κ3) is 2.56. The molecule has 0 bridgehead atoms. The van der Waals surface area contributed by atoms with Gasteiger partial charge >= 0.3 is 12.1 Å². The Morgan fingerprint density at radius 1 is 1.32 bits per heavy atom. The number of hydrogen-bond donors (Lipinski definition) is 0. The van der Waals surface area contributed by atoms with Crippen LogP contribution in [0.5, 0.6) is 0 Å². The van der Waals surface area contributed by atoms with Crippen molar-refractivity contribution in [3.63, 3.8) is 0 Å². The van der Waals surface area contributed by atoms with E-state index in [4.69, 9.17) is 0 Å². The lowest BCUT2D eigenvalue weighted by molar-refractivity contribution is -0.137. The molecule has 100 valence electrons. The normalized spacial score (nSPS) is 11.4. The van der Waals surface area contributed by atoms with Crippen molar-refractivity contribution in [3.8, 4) is 5.69 Å². The smallest absolute Gasteiger partial charge is 0.418 e. The van der Waals surface area contributed by atoms with Gasteiger partial charge in [-0.3, -0.25) is 0 Å². The number of benzene rings is 1. The maximum Gasteiger partial charge on any atom is 0.418 e. The second-order valence-corrected chi connectivity index (χ2v) is 3.55. The fourth-order valence-corrected chi connectivity index (χ4v) is 1.49. The molecule has 1 aromatic carbocycles. The molecule has 0 amide bonds. The number of halogens is 3.